The van der Waals surface area contributed by atoms with Gasteiger partial charge in [0.05, 0.1) is 18.6 Å². The number of esters is 1. The number of carboxylic acids is 1. The molecule has 0 heterocycles. The van der Waals surface area contributed by atoms with E-state index in [9.17, 15) is 19.1 Å². The predicted molar refractivity (Wildman–Crippen MR) is 87.7 cm³/mol. The zero-order valence-electron chi connectivity index (χ0n) is 13.2. The van der Waals surface area contributed by atoms with Crippen LogP contribution in [0.15, 0.2) is 60.2 Å². The van der Waals surface area contributed by atoms with Gasteiger partial charge >= 0.3 is 11.9 Å². The van der Waals surface area contributed by atoms with Gasteiger partial charge in [-0.2, -0.15) is 0 Å². The number of hydrogen-bond acceptors (Lipinski definition) is 3. The van der Waals surface area contributed by atoms with Crippen LogP contribution in [0.3, 0.4) is 0 Å². The average molecular weight is 328 g/mol. The second-order valence-corrected chi connectivity index (χ2v) is 5.02. The third-order valence-electron chi connectivity index (χ3n) is 3.35. The van der Waals surface area contributed by atoms with E-state index in [-0.39, 0.29) is 12.2 Å². The fourth-order valence-electron chi connectivity index (χ4n) is 2.37. The summed E-state index contributed by atoms with van der Waals surface area (Å²) in [4.78, 5) is 23.6. The third-order valence-corrected chi connectivity index (χ3v) is 3.35. The number of ether oxygens (including phenoxy) is 1. The molecule has 0 radical (unpaired) electrons. The van der Waals surface area contributed by atoms with Crippen LogP contribution in [-0.2, 0) is 14.3 Å². The number of hydrogen-bond donors (Lipinski definition) is 1. The van der Waals surface area contributed by atoms with Crippen molar-refractivity contribution in [2.24, 2.45) is 0 Å². The van der Waals surface area contributed by atoms with E-state index in [4.69, 9.17) is 4.74 Å². The van der Waals surface area contributed by atoms with Crippen LogP contribution in [0.1, 0.15) is 24.5 Å². The minimum Gasteiger partial charge on any atom is -0.481 e. The molecule has 24 heavy (non-hydrogen) atoms. The van der Waals surface area contributed by atoms with Gasteiger partial charge in [-0.05, 0) is 35.8 Å². The molecule has 0 aliphatic rings. The summed E-state index contributed by atoms with van der Waals surface area (Å²) < 4.78 is 18.3. The normalized spacial score (nSPS) is 11.6. The van der Waals surface area contributed by atoms with E-state index in [0.717, 1.165) is 0 Å². The van der Waals surface area contributed by atoms with Crippen molar-refractivity contribution in [3.63, 3.8) is 0 Å². The first kappa shape index (κ1) is 17.4. The summed E-state index contributed by atoms with van der Waals surface area (Å²) in [6.45, 7) is 1.78. The number of rotatable bonds is 6. The first-order valence-corrected chi connectivity index (χ1v) is 7.46. The summed E-state index contributed by atoms with van der Waals surface area (Å²) in [6.07, 6.45) is -0.486. The molecule has 1 N–H and O–H groups in total. The molecule has 4 nitrogen and oxygen atoms in total. The SMILES string of the molecule is CCOC(=O)C(CC(=O)O)=C(c1ccccc1)c1ccc(F)cc1. The number of benzene rings is 2. The Morgan fingerprint density at radius 1 is 1.00 bits per heavy atom. The van der Waals surface area contributed by atoms with Crippen LogP contribution in [0.4, 0.5) is 4.39 Å². The molecule has 0 atom stereocenters. The molecular formula is C19H17FO4. The number of carbonyl (C=O) groups excluding carboxylic acids is 1. The Labute approximate surface area is 139 Å². The summed E-state index contributed by atoms with van der Waals surface area (Å²) in [5.41, 5.74) is 1.67. The van der Waals surface area contributed by atoms with Gasteiger partial charge in [0.1, 0.15) is 5.82 Å². The topological polar surface area (TPSA) is 63.6 Å². The molecule has 2 rings (SSSR count). The summed E-state index contributed by atoms with van der Waals surface area (Å²) in [5.74, 6) is -2.25. The lowest BCUT2D eigenvalue weighted by Gasteiger charge is -2.14. The van der Waals surface area contributed by atoms with Crippen molar-refractivity contribution in [2.45, 2.75) is 13.3 Å². The lowest BCUT2D eigenvalue weighted by Crippen LogP contribution is -2.14. The van der Waals surface area contributed by atoms with E-state index in [1.165, 1.54) is 24.3 Å². The van der Waals surface area contributed by atoms with E-state index in [1.54, 1.807) is 31.2 Å². The number of halogens is 1. The zero-order valence-corrected chi connectivity index (χ0v) is 13.2. The molecule has 2 aromatic rings. The van der Waals surface area contributed by atoms with Gasteiger partial charge in [-0.25, -0.2) is 9.18 Å². The standard InChI is InChI=1S/C19H17FO4/c1-2-24-19(23)16(12-17(21)22)18(13-6-4-3-5-7-13)14-8-10-15(20)11-9-14/h3-11H,2,12H2,1H3,(H,21,22). The van der Waals surface area contributed by atoms with E-state index >= 15 is 0 Å². The van der Waals surface area contributed by atoms with Gasteiger partial charge in [0.25, 0.3) is 0 Å². The van der Waals surface area contributed by atoms with Crippen LogP contribution < -0.4 is 0 Å². The lowest BCUT2D eigenvalue weighted by atomic mass is 9.91. The van der Waals surface area contributed by atoms with Crippen molar-refractivity contribution in [1.82, 2.24) is 0 Å². The molecule has 2 aromatic carbocycles. The highest BCUT2D eigenvalue weighted by Crippen LogP contribution is 2.29. The van der Waals surface area contributed by atoms with Gasteiger partial charge in [0.15, 0.2) is 0 Å². The van der Waals surface area contributed by atoms with Crippen LogP contribution in [-0.4, -0.2) is 23.7 Å². The second kappa shape index (κ2) is 8.06. The van der Waals surface area contributed by atoms with E-state index in [1.807, 2.05) is 6.07 Å². The lowest BCUT2D eigenvalue weighted by molar-refractivity contribution is -0.142. The first-order valence-electron chi connectivity index (χ1n) is 7.46. The first-order chi connectivity index (χ1) is 11.5. The Kier molecular flexibility index (Phi) is 5.84. The van der Waals surface area contributed by atoms with Crippen molar-refractivity contribution in [3.05, 3.63) is 77.1 Å². The van der Waals surface area contributed by atoms with E-state index in [0.29, 0.717) is 16.7 Å². The molecule has 0 bridgehead atoms. The maximum atomic E-state index is 13.2. The smallest absolute Gasteiger partial charge is 0.335 e. The van der Waals surface area contributed by atoms with Gasteiger partial charge in [-0.3, -0.25) is 4.79 Å². The maximum Gasteiger partial charge on any atom is 0.335 e. The van der Waals surface area contributed by atoms with Gasteiger partial charge in [-0.1, -0.05) is 42.5 Å². The van der Waals surface area contributed by atoms with Gasteiger partial charge in [0.2, 0.25) is 0 Å². The van der Waals surface area contributed by atoms with Gasteiger partial charge in [-0.15, -0.1) is 0 Å². The average Bonchev–Trinajstić information content (AvgIpc) is 2.57. The van der Waals surface area contributed by atoms with Gasteiger partial charge < -0.3 is 9.84 Å². The maximum absolute atomic E-state index is 13.2. The third kappa shape index (κ3) is 4.29. The Bertz CT molecular complexity index is 749. The highest BCUT2D eigenvalue weighted by atomic mass is 19.1. The molecule has 0 aromatic heterocycles. The molecule has 0 saturated carbocycles. The molecule has 0 unspecified atom stereocenters. The summed E-state index contributed by atoms with van der Waals surface area (Å²) in [6, 6.07) is 14.5. The summed E-state index contributed by atoms with van der Waals surface area (Å²) >= 11 is 0. The molecule has 5 heteroatoms. The highest BCUT2D eigenvalue weighted by molar-refractivity contribution is 6.04. The van der Waals surface area contributed by atoms with Crippen LogP contribution in [0.25, 0.3) is 5.57 Å². The second-order valence-electron chi connectivity index (χ2n) is 5.02. The van der Waals surface area contributed by atoms with Crippen molar-refractivity contribution in [2.75, 3.05) is 6.61 Å². The number of carboxylic acid groups (broad SMARTS) is 1. The minimum absolute atomic E-state index is 0.0298. The number of carbonyl (C=O) groups is 2. The van der Waals surface area contributed by atoms with Crippen molar-refractivity contribution in [1.29, 1.82) is 0 Å². The largest absolute Gasteiger partial charge is 0.481 e. The molecule has 0 amide bonds. The van der Waals surface area contributed by atoms with Crippen LogP contribution in [0, 0.1) is 5.82 Å². The Morgan fingerprint density at radius 2 is 1.58 bits per heavy atom. The fourth-order valence-corrected chi connectivity index (χ4v) is 2.37. The predicted octanol–water partition coefficient (Wildman–Crippen LogP) is 3.67. The van der Waals surface area contributed by atoms with E-state index < -0.39 is 24.2 Å². The van der Waals surface area contributed by atoms with Crippen LogP contribution >= 0.6 is 0 Å². The van der Waals surface area contributed by atoms with Crippen molar-refractivity contribution < 1.29 is 23.8 Å². The fraction of sp³-hybridized carbons (Fsp3) is 0.158. The molecule has 0 saturated heterocycles. The molecule has 124 valence electrons. The summed E-state index contributed by atoms with van der Waals surface area (Å²) in [7, 11) is 0. The molecule has 0 fully saturated rings. The number of aliphatic carboxylic acids is 1. The monoisotopic (exact) mass is 328 g/mol. The van der Waals surface area contributed by atoms with E-state index in [2.05, 4.69) is 0 Å². The summed E-state index contributed by atoms with van der Waals surface area (Å²) in [5, 5.41) is 9.19. The van der Waals surface area contributed by atoms with Gasteiger partial charge in [0, 0.05) is 0 Å². The van der Waals surface area contributed by atoms with Crippen molar-refractivity contribution >= 4 is 17.5 Å². The minimum atomic E-state index is -1.14. The van der Waals surface area contributed by atoms with Crippen molar-refractivity contribution in [3.8, 4) is 0 Å². The van der Waals surface area contributed by atoms with Crippen LogP contribution in [0.5, 0.6) is 0 Å². The molecule has 0 aliphatic heterocycles. The molecule has 0 aliphatic carbocycles. The Hall–Kier alpha value is -2.95. The molecular weight excluding hydrogens is 311 g/mol. The zero-order chi connectivity index (χ0) is 17.5. The van der Waals surface area contributed by atoms with Crippen LogP contribution in [0.2, 0.25) is 0 Å². The highest BCUT2D eigenvalue weighted by Gasteiger charge is 2.22. The Balaban J connectivity index is 2.70. The Morgan fingerprint density at radius 3 is 2.12 bits per heavy atom. The molecule has 0 spiro atoms. The quantitative estimate of drug-likeness (QED) is 0.649.